The fourth-order valence-corrected chi connectivity index (χ4v) is 8.64. The number of carbonyl (C=O) groups excluding carboxylic acids is 2. The van der Waals surface area contributed by atoms with Gasteiger partial charge in [-0.05, 0) is 115 Å². The highest BCUT2D eigenvalue weighted by Crippen LogP contribution is 2.50. The van der Waals surface area contributed by atoms with Crippen molar-refractivity contribution < 1.29 is 49.7 Å². The Bertz CT molecular complexity index is 2420. The number of hydrogen-bond acceptors (Lipinski definition) is 12. The second-order valence-electron chi connectivity index (χ2n) is 17.6. The standard InChI is InChI=1S/C41H50F2N6O9S/c1-9-27-30(42)13-10-23-16-24(45-37(50)56-39(3,4)5)17-28(31(23)27)33-32(43)34-29(18-44-33)35(47-36(46-34)55-21-41(14-15-41)22(2)58-59(52,53)54)48-19-25-11-12-26(20-48)49(25)38(51)57-40(6,7)8/h10,13,16-18,22,25-26H,9,11-12,14-15,19-21H2,1-8H3,(H,45,50)(H,52,53,54). The van der Waals surface area contributed by atoms with Crippen LogP contribution < -0.4 is 15.0 Å². The van der Waals surface area contributed by atoms with Gasteiger partial charge in [-0.25, -0.2) is 22.6 Å². The van der Waals surface area contributed by atoms with Crippen molar-refractivity contribution in [2.24, 2.45) is 5.41 Å². The fourth-order valence-electron chi connectivity index (χ4n) is 8.07. The van der Waals surface area contributed by atoms with Crippen LogP contribution in [0, 0.1) is 17.0 Å². The highest BCUT2D eigenvalue weighted by atomic mass is 32.3. The number of fused-ring (bicyclic) bond motifs is 4. The number of aryl methyl sites for hydroxylation is 1. The lowest BCUT2D eigenvalue weighted by molar-refractivity contribution is 0.0122. The molecule has 3 unspecified atom stereocenters. The van der Waals surface area contributed by atoms with Gasteiger partial charge in [0.2, 0.25) is 0 Å². The molecular formula is C41H50F2N6O9S. The molecule has 2 saturated heterocycles. The summed E-state index contributed by atoms with van der Waals surface area (Å²) in [5.74, 6) is -1.05. The first kappa shape index (κ1) is 42.2. The molecule has 2 amide bonds. The summed E-state index contributed by atoms with van der Waals surface area (Å²) < 4.78 is 87.4. The third kappa shape index (κ3) is 8.99. The SMILES string of the molecule is CCc1c(F)ccc2cc(NC(=O)OC(C)(C)C)cc(-c3ncc4c(N5CC6CCC(C5)N6C(=O)OC(C)(C)C)nc(OCC5(C(C)OS(=O)(=O)O)CC5)nc4c3F)c12. The summed E-state index contributed by atoms with van der Waals surface area (Å²) in [5.41, 5.74) is -1.81. The number of nitrogens with zero attached hydrogens (tertiary/aromatic N) is 5. The lowest BCUT2D eigenvalue weighted by Crippen LogP contribution is -2.57. The van der Waals surface area contributed by atoms with E-state index in [-0.39, 0.29) is 59.0 Å². The Balaban J connectivity index is 1.34. The molecule has 2 aromatic heterocycles. The molecule has 18 heteroatoms. The van der Waals surface area contributed by atoms with Crippen LogP contribution in [0.25, 0.3) is 32.9 Å². The number of hydrogen-bond donors (Lipinski definition) is 2. The van der Waals surface area contributed by atoms with Crippen LogP contribution in [-0.2, 0) is 30.5 Å². The summed E-state index contributed by atoms with van der Waals surface area (Å²) in [7, 11) is -4.74. The molecule has 2 N–H and O–H groups in total. The lowest BCUT2D eigenvalue weighted by atomic mass is 9.94. The van der Waals surface area contributed by atoms with Gasteiger partial charge in [0.15, 0.2) is 5.82 Å². The second-order valence-corrected chi connectivity index (χ2v) is 18.7. The van der Waals surface area contributed by atoms with E-state index in [1.165, 1.54) is 25.3 Å². The average Bonchev–Trinajstić information content (AvgIpc) is 3.86. The molecular weight excluding hydrogens is 791 g/mol. The van der Waals surface area contributed by atoms with Gasteiger partial charge in [0.05, 0.1) is 30.2 Å². The van der Waals surface area contributed by atoms with Crippen LogP contribution in [0.5, 0.6) is 6.01 Å². The maximum atomic E-state index is 17.4. The Morgan fingerprint density at radius 2 is 1.68 bits per heavy atom. The van der Waals surface area contributed by atoms with E-state index in [1.54, 1.807) is 44.7 Å². The van der Waals surface area contributed by atoms with Crippen LogP contribution >= 0.6 is 0 Å². The van der Waals surface area contributed by atoms with Crippen molar-refractivity contribution >= 4 is 55.8 Å². The highest BCUT2D eigenvalue weighted by molar-refractivity contribution is 7.80. The normalized spacial score (nSPS) is 19.5. The number of piperazine rings is 1. The van der Waals surface area contributed by atoms with Crippen LogP contribution in [0.2, 0.25) is 0 Å². The highest BCUT2D eigenvalue weighted by Gasteiger charge is 2.51. The molecule has 2 bridgehead atoms. The van der Waals surface area contributed by atoms with Crippen molar-refractivity contribution in [2.75, 3.05) is 29.9 Å². The van der Waals surface area contributed by atoms with Gasteiger partial charge in [0.25, 0.3) is 0 Å². The number of amides is 2. The Kier molecular flexibility index (Phi) is 10.9. The topological polar surface area (TPSA) is 183 Å². The Labute approximate surface area is 341 Å². The van der Waals surface area contributed by atoms with Gasteiger partial charge in [-0.3, -0.25) is 19.8 Å². The van der Waals surface area contributed by atoms with Gasteiger partial charge in [0.1, 0.15) is 34.0 Å². The van der Waals surface area contributed by atoms with E-state index >= 15 is 8.78 Å². The van der Waals surface area contributed by atoms with Gasteiger partial charge < -0.3 is 19.1 Å². The maximum Gasteiger partial charge on any atom is 0.412 e. The van der Waals surface area contributed by atoms with E-state index in [9.17, 15) is 22.6 Å². The van der Waals surface area contributed by atoms with E-state index in [2.05, 4.69) is 15.3 Å². The molecule has 7 rings (SSSR count). The lowest BCUT2D eigenvalue weighted by Gasteiger charge is -2.42. The summed E-state index contributed by atoms with van der Waals surface area (Å²) in [4.78, 5) is 43.8. The number of aromatic nitrogens is 3. The summed E-state index contributed by atoms with van der Waals surface area (Å²) >= 11 is 0. The number of pyridine rings is 1. The van der Waals surface area contributed by atoms with E-state index in [0.717, 1.165) is 12.8 Å². The largest absolute Gasteiger partial charge is 0.463 e. The predicted octanol–water partition coefficient (Wildman–Crippen LogP) is 7.99. The molecule has 1 saturated carbocycles. The third-order valence-electron chi connectivity index (χ3n) is 11.0. The van der Waals surface area contributed by atoms with Gasteiger partial charge in [-0.2, -0.15) is 18.4 Å². The van der Waals surface area contributed by atoms with E-state index in [0.29, 0.717) is 48.1 Å². The predicted molar refractivity (Wildman–Crippen MR) is 216 cm³/mol. The van der Waals surface area contributed by atoms with Crippen LogP contribution in [0.4, 0.5) is 29.9 Å². The van der Waals surface area contributed by atoms with E-state index in [1.807, 2.05) is 25.7 Å². The molecule has 2 aliphatic heterocycles. The molecule has 59 heavy (non-hydrogen) atoms. The first-order valence-corrected chi connectivity index (χ1v) is 21.1. The number of anilines is 2. The minimum absolute atomic E-state index is 0.103. The zero-order valence-electron chi connectivity index (χ0n) is 34.4. The van der Waals surface area contributed by atoms with Gasteiger partial charge >= 0.3 is 28.6 Å². The third-order valence-corrected chi connectivity index (χ3v) is 11.5. The summed E-state index contributed by atoms with van der Waals surface area (Å²) in [6.45, 7) is 14.5. The molecule has 2 aromatic carbocycles. The molecule has 3 aliphatic rings. The number of rotatable bonds is 10. The minimum Gasteiger partial charge on any atom is -0.463 e. The van der Waals surface area contributed by atoms with Crippen molar-refractivity contribution in [2.45, 2.75) is 117 Å². The molecule has 0 radical (unpaired) electrons. The summed E-state index contributed by atoms with van der Waals surface area (Å²) in [6.07, 6.45) is 2.12. The van der Waals surface area contributed by atoms with Crippen LogP contribution in [0.1, 0.15) is 86.6 Å². The van der Waals surface area contributed by atoms with E-state index in [4.69, 9.17) is 23.4 Å². The zero-order valence-corrected chi connectivity index (χ0v) is 35.2. The number of benzene rings is 2. The Hall–Kier alpha value is -4.94. The van der Waals surface area contributed by atoms with E-state index < -0.39 is 56.9 Å². The van der Waals surface area contributed by atoms with Gasteiger partial charge in [-0.1, -0.05) is 13.0 Å². The van der Waals surface area contributed by atoms with Crippen molar-refractivity contribution in [3.63, 3.8) is 0 Å². The Morgan fingerprint density at radius 3 is 2.27 bits per heavy atom. The number of halogens is 2. The second kappa shape index (κ2) is 15.3. The van der Waals surface area contributed by atoms with Crippen molar-refractivity contribution in [3.8, 4) is 17.3 Å². The molecule has 3 atom stereocenters. The zero-order chi connectivity index (χ0) is 42.8. The summed E-state index contributed by atoms with van der Waals surface area (Å²) in [5, 5.41) is 3.89. The van der Waals surface area contributed by atoms with Gasteiger partial charge in [-0.15, -0.1) is 0 Å². The van der Waals surface area contributed by atoms with Crippen LogP contribution in [0.3, 0.4) is 0 Å². The fraction of sp³-hybridized carbons (Fsp3) is 0.537. The summed E-state index contributed by atoms with van der Waals surface area (Å²) in [6, 6.07) is 5.38. The smallest absolute Gasteiger partial charge is 0.412 e. The van der Waals surface area contributed by atoms with Crippen molar-refractivity contribution in [3.05, 3.63) is 47.7 Å². The van der Waals surface area contributed by atoms with Crippen LogP contribution in [-0.4, -0.2) is 94.1 Å². The molecule has 15 nitrogen and oxygen atoms in total. The first-order chi connectivity index (χ1) is 27.5. The quantitative estimate of drug-likeness (QED) is 0.147. The number of ether oxygens (including phenoxy) is 3. The number of carbonyl (C=O) groups is 2. The monoisotopic (exact) mass is 840 g/mol. The number of nitrogens with one attached hydrogen (secondary N) is 1. The molecule has 4 aromatic rings. The molecule has 3 fully saturated rings. The molecule has 0 spiro atoms. The minimum atomic E-state index is -4.74. The molecule has 4 heterocycles. The maximum absolute atomic E-state index is 17.4. The van der Waals surface area contributed by atoms with Crippen molar-refractivity contribution in [1.29, 1.82) is 0 Å². The first-order valence-electron chi connectivity index (χ1n) is 19.7. The van der Waals surface area contributed by atoms with Gasteiger partial charge in [0, 0.05) is 36.0 Å². The van der Waals surface area contributed by atoms with Crippen molar-refractivity contribution in [1.82, 2.24) is 19.9 Å². The molecule has 318 valence electrons. The molecule has 1 aliphatic carbocycles. The average molecular weight is 841 g/mol. The van der Waals surface area contributed by atoms with Crippen LogP contribution in [0.15, 0.2) is 30.5 Å². The Morgan fingerprint density at radius 1 is 1.02 bits per heavy atom.